The van der Waals surface area contributed by atoms with Crippen molar-refractivity contribution in [1.82, 2.24) is 10.6 Å². The molecule has 3 aliphatic rings. The normalized spacial score (nSPS) is 27.1. The molecule has 1 aromatic carbocycles. The van der Waals surface area contributed by atoms with E-state index in [1.807, 2.05) is 13.8 Å². The molecule has 3 fully saturated rings. The number of rotatable bonds is 9. The van der Waals surface area contributed by atoms with E-state index in [0.717, 1.165) is 25.0 Å². The van der Waals surface area contributed by atoms with Crippen LogP contribution in [0.2, 0.25) is 0 Å². The van der Waals surface area contributed by atoms with Crippen LogP contribution in [-0.2, 0) is 15.8 Å². The summed E-state index contributed by atoms with van der Waals surface area (Å²) < 4.78 is 38.5. The molecule has 0 spiro atoms. The van der Waals surface area contributed by atoms with E-state index < -0.39 is 42.3 Å². The van der Waals surface area contributed by atoms with Crippen molar-refractivity contribution >= 4 is 24.6 Å². The number of nitrogens with zero attached hydrogens (tertiary/aromatic N) is 1. The Morgan fingerprint density at radius 2 is 1.82 bits per heavy atom. The molecule has 4 N–H and O–H groups in total. The summed E-state index contributed by atoms with van der Waals surface area (Å²) in [5, 5.41) is 25.4. The molecule has 1 saturated heterocycles. The fraction of sp³-hybridized carbons (Fsp3) is 0.652. The van der Waals surface area contributed by atoms with Gasteiger partial charge in [-0.15, -0.1) is 0 Å². The number of hydrogen-bond donors (Lipinski definition) is 4. The van der Waals surface area contributed by atoms with Crippen LogP contribution in [0.25, 0.3) is 0 Å². The number of carbonyl (C=O) groups is 2. The Morgan fingerprint density at radius 1 is 1.18 bits per heavy atom. The van der Waals surface area contributed by atoms with E-state index in [4.69, 9.17) is 0 Å². The Labute approximate surface area is 197 Å². The minimum atomic E-state index is -4.43. The maximum absolute atomic E-state index is 13.1. The van der Waals surface area contributed by atoms with Gasteiger partial charge < -0.3 is 25.6 Å². The first-order valence-electron chi connectivity index (χ1n) is 11.8. The van der Waals surface area contributed by atoms with Crippen molar-refractivity contribution < 1.29 is 32.8 Å². The Hall–Kier alpha value is -2.27. The van der Waals surface area contributed by atoms with E-state index in [1.54, 1.807) is 4.90 Å². The van der Waals surface area contributed by atoms with Crippen LogP contribution in [0.4, 0.5) is 18.9 Å². The molecule has 34 heavy (non-hydrogen) atoms. The Balaban J connectivity index is 1.41. The highest BCUT2D eigenvalue weighted by molar-refractivity contribution is 6.47. The number of carbonyl (C=O) groups excluding carboxylic acids is 2. The number of anilines is 1. The molecule has 0 bridgehead atoms. The molecule has 2 amide bonds. The van der Waals surface area contributed by atoms with Crippen LogP contribution in [0.3, 0.4) is 0 Å². The molecule has 0 aromatic heterocycles. The third kappa shape index (κ3) is 5.05. The van der Waals surface area contributed by atoms with E-state index in [1.165, 1.54) is 12.1 Å². The average Bonchev–Trinajstić information content (AvgIpc) is 3.62. The zero-order valence-corrected chi connectivity index (χ0v) is 19.3. The molecule has 2 saturated carbocycles. The summed E-state index contributed by atoms with van der Waals surface area (Å²) in [6.45, 7) is 4.44. The topological polar surface area (TPSA) is 102 Å². The maximum Gasteiger partial charge on any atom is 0.479 e. The van der Waals surface area contributed by atoms with Gasteiger partial charge in [-0.2, -0.15) is 13.2 Å². The zero-order valence-electron chi connectivity index (χ0n) is 19.3. The van der Waals surface area contributed by atoms with Crippen LogP contribution in [0.15, 0.2) is 24.3 Å². The smallest absolute Gasteiger partial charge is 0.426 e. The van der Waals surface area contributed by atoms with E-state index in [-0.39, 0.29) is 17.7 Å². The first kappa shape index (κ1) is 24.8. The predicted octanol–water partition coefficient (Wildman–Crippen LogP) is 2.11. The maximum atomic E-state index is 13.1. The van der Waals surface area contributed by atoms with Crippen molar-refractivity contribution in [2.45, 2.75) is 69.6 Å². The molecular weight excluding hydrogens is 450 g/mol. The number of amides is 2. The second kappa shape index (κ2) is 9.07. The summed E-state index contributed by atoms with van der Waals surface area (Å²) in [5.74, 6) is -0.362. The van der Waals surface area contributed by atoms with Crippen molar-refractivity contribution in [3.05, 3.63) is 29.8 Å². The number of halogens is 3. The fourth-order valence-electron chi connectivity index (χ4n) is 4.95. The standard InChI is InChI=1S/C23H31BF3N3O4/c1-13(2)17-12-22(17,24(33)34)29-20(31)18(11-14-3-4-14)28-21(32)19-9-10-30(19)16-7-5-15(6-8-16)23(25,26)27/h5-8,13-14,17-19,33-34H,3-4,9-12H2,1-2H3,(H,28,32)(H,29,31)/t17?,18-,19-,22?/m0/s1. The summed E-state index contributed by atoms with van der Waals surface area (Å²) in [6.07, 6.45) is -1.02. The molecule has 11 heteroatoms. The van der Waals surface area contributed by atoms with Crippen molar-refractivity contribution in [2.75, 3.05) is 11.4 Å². The van der Waals surface area contributed by atoms with Gasteiger partial charge in [-0.1, -0.05) is 26.7 Å². The number of alkyl halides is 3. The monoisotopic (exact) mass is 481 g/mol. The third-order valence-electron chi connectivity index (χ3n) is 7.43. The van der Waals surface area contributed by atoms with Gasteiger partial charge in [-0.05, 0) is 61.3 Å². The lowest BCUT2D eigenvalue weighted by Crippen LogP contribution is -2.61. The largest absolute Gasteiger partial charge is 0.479 e. The van der Waals surface area contributed by atoms with Crippen molar-refractivity contribution in [3.8, 4) is 0 Å². The van der Waals surface area contributed by atoms with Gasteiger partial charge in [0.15, 0.2) is 0 Å². The summed E-state index contributed by atoms with van der Waals surface area (Å²) in [6, 6.07) is 3.30. The second-order valence-electron chi connectivity index (χ2n) is 10.2. The lowest BCUT2D eigenvalue weighted by molar-refractivity contribution is -0.137. The highest BCUT2D eigenvalue weighted by Crippen LogP contribution is 2.49. The van der Waals surface area contributed by atoms with Gasteiger partial charge in [0.1, 0.15) is 12.1 Å². The SMILES string of the molecule is CC(C)C1CC1(NC(=O)[C@H](CC1CC1)NC(=O)[C@@H]1CCN1c1ccc(C(F)(F)F)cc1)B(O)O. The molecule has 7 nitrogen and oxygen atoms in total. The quantitative estimate of drug-likeness (QED) is 0.405. The first-order chi connectivity index (χ1) is 15.9. The Morgan fingerprint density at radius 3 is 2.26 bits per heavy atom. The molecule has 4 rings (SSSR count). The predicted molar refractivity (Wildman–Crippen MR) is 120 cm³/mol. The van der Waals surface area contributed by atoms with Crippen molar-refractivity contribution in [3.63, 3.8) is 0 Å². The fourth-order valence-corrected chi connectivity index (χ4v) is 4.95. The van der Waals surface area contributed by atoms with Gasteiger partial charge >= 0.3 is 13.3 Å². The van der Waals surface area contributed by atoms with Crippen LogP contribution in [0.5, 0.6) is 0 Å². The average molecular weight is 481 g/mol. The van der Waals surface area contributed by atoms with Gasteiger partial charge in [0, 0.05) is 12.2 Å². The second-order valence-corrected chi connectivity index (χ2v) is 10.2. The summed E-state index contributed by atoms with van der Waals surface area (Å²) in [4.78, 5) is 27.9. The molecule has 1 heterocycles. The van der Waals surface area contributed by atoms with Gasteiger partial charge in [0.25, 0.3) is 0 Å². The van der Waals surface area contributed by atoms with E-state index in [9.17, 15) is 32.8 Å². The third-order valence-corrected chi connectivity index (χ3v) is 7.43. The van der Waals surface area contributed by atoms with Gasteiger partial charge in [0.2, 0.25) is 11.8 Å². The van der Waals surface area contributed by atoms with Crippen LogP contribution in [0.1, 0.15) is 51.5 Å². The van der Waals surface area contributed by atoms with Crippen LogP contribution >= 0.6 is 0 Å². The van der Waals surface area contributed by atoms with Crippen LogP contribution < -0.4 is 15.5 Å². The molecular formula is C23H31BF3N3O4. The molecule has 1 aliphatic heterocycles. The number of hydrogen-bond acceptors (Lipinski definition) is 5. The molecule has 4 atom stereocenters. The Kier molecular flexibility index (Phi) is 6.63. The lowest BCUT2D eigenvalue weighted by Gasteiger charge is -2.42. The van der Waals surface area contributed by atoms with Crippen molar-refractivity contribution in [1.29, 1.82) is 0 Å². The molecule has 1 aromatic rings. The first-order valence-corrected chi connectivity index (χ1v) is 11.8. The molecule has 186 valence electrons. The highest BCUT2D eigenvalue weighted by atomic mass is 19.4. The minimum absolute atomic E-state index is 0.0597. The van der Waals surface area contributed by atoms with Gasteiger partial charge in [-0.3, -0.25) is 9.59 Å². The highest BCUT2D eigenvalue weighted by Gasteiger charge is 2.64. The number of benzene rings is 1. The summed E-state index contributed by atoms with van der Waals surface area (Å²) >= 11 is 0. The van der Waals surface area contributed by atoms with E-state index >= 15 is 0 Å². The van der Waals surface area contributed by atoms with Crippen LogP contribution in [-0.4, -0.2) is 53.0 Å². The van der Waals surface area contributed by atoms with Gasteiger partial charge in [-0.25, -0.2) is 0 Å². The number of nitrogens with one attached hydrogen (secondary N) is 2. The Bertz CT molecular complexity index is 923. The van der Waals surface area contributed by atoms with E-state index in [0.29, 0.717) is 37.4 Å². The minimum Gasteiger partial charge on any atom is -0.426 e. The summed E-state index contributed by atoms with van der Waals surface area (Å²) in [7, 11) is -1.69. The lowest BCUT2D eigenvalue weighted by atomic mass is 9.72. The zero-order chi connectivity index (χ0) is 24.8. The summed E-state index contributed by atoms with van der Waals surface area (Å²) in [5.41, 5.74) is -1.33. The van der Waals surface area contributed by atoms with Gasteiger partial charge in [0.05, 0.1) is 11.0 Å². The molecule has 2 unspecified atom stereocenters. The van der Waals surface area contributed by atoms with Crippen LogP contribution in [0, 0.1) is 17.8 Å². The van der Waals surface area contributed by atoms with E-state index in [2.05, 4.69) is 10.6 Å². The molecule has 0 radical (unpaired) electrons. The molecule has 2 aliphatic carbocycles. The van der Waals surface area contributed by atoms with Crippen molar-refractivity contribution in [2.24, 2.45) is 17.8 Å².